The fraction of sp³-hybridized carbons (Fsp3) is 0.300. The molecule has 0 unspecified atom stereocenters. The molecule has 25 heavy (non-hydrogen) atoms. The van der Waals surface area contributed by atoms with E-state index in [-0.39, 0.29) is 17.9 Å². The molecule has 1 heterocycles. The van der Waals surface area contributed by atoms with Gasteiger partial charge in [0.1, 0.15) is 0 Å². The van der Waals surface area contributed by atoms with Gasteiger partial charge in [0.25, 0.3) is 0 Å². The number of rotatable bonds is 4. The number of nitrogens with two attached hydrogens (primary N) is 1. The predicted octanol–water partition coefficient (Wildman–Crippen LogP) is 2.68. The zero-order valence-corrected chi connectivity index (χ0v) is 14.4. The van der Waals surface area contributed by atoms with Crippen LogP contribution in [0.25, 0.3) is 11.1 Å². The molecule has 0 aromatic heterocycles. The molecule has 0 spiro atoms. The first kappa shape index (κ1) is 17.0. The van der Waals surface area contributed by atoms with Crippen LogP contribution in [0.15, 0.2) is 48.5 Å². The summed E-state index contributed by atoms with van der Waals surface area (Å²) in [4.78, 5) is 25.1. The van der Waals surface area contributed by atoms with Crippen LogP contribution in [0.3, 0.4) is 0 Å². The fourth-order valence-electron chi connectivity index (χ4n) is 3.15. The van der Waals surface area contributed by atoms with E-state index in [1.807, 2.05) is 18.2 Å². The Morgan fingerprint density at radius 1 is 1.16 bits per heavy atom. The van der Waals surface area contributed by atoms with E-state index in [1.54, 1.807) is 4.90 Å². The van der Waals surface area contributed by atoms with Gasteiger partial charge >= 0.3 is 6.03 Å². The zero-order chi connectivity index (χ0) is 17.8. The average Bonchev–Trinajstić information content (AvgIpc) is 3.10. The van der Waals surface area contributed by atoms with Gasteiger partial charge in [-0.2, -0.15) is 0 Å². The number of hydrogen-bond donors (Lipinski definition) is 2. The first-order chi connectivity index (χ1) is 12.0. The van der Waals surface area contributed by atoms with E-state index in [2.05, 4.69) is 42.6 Å². The van der Waals surface area contributed by atoms with Crippen molar-refractivity contribution in [2.45, 2.75) is 19.9 Å². The molecule has 1 atom stereocenters. The van der Waals surface area contributed by atoms with E-state index in [4.69, 9.17) is 5.73 Å². The van der Waals surface area contributed by atoms with Crippen molar-refractivity contribution < 1.29 is 9.59 Å². The van der Waals surface area contributed by atoms with Gasteiger partial charge in [0.15, 0.2) is 0 Å². The molecule has 0 bridgehead atoms. The van der Waals surface area contributed by atoms with E-state index in [0.29, 0.717) is 26.1 Å². The van der Waals surface area contributed by atoms with Crippen LogP contribution in [-0.4, -0.2) is 29.9 Å². The van der Waals surface area contributed by atoms with Crippen molar-refractivity contribution in [2.24, 2.45) is 11.7 Å². The van der Waals surface area contributed by atoms with Crippen LogP contribution >= 0.6 is 0 Å². The van der Waals surface area contributed by atoms with Crippen molar-refractivity contribution in [3.05, 3.63) is 59.7 Å². The second-order valence-electron chi connectivity index (χ2n) is 6.56. The highest BCUT2D eigenvalue weighted by atomic mass is 16.2. The number of urea groups is 1. The van der Waals surface area contributed by atoms with Gasteiger partial charge in [0.2, 0.25) is 5.91 Å². The quantitative estimate of drug-likeness (QED) is 0.900. The molecule has 2 aromatic rings. The van der Waals surface area contributed by atoms with Crippen molar-refractivity contribution >= 4 is 11.9 Å². The Morgan fingerprint density at radius 3 is 2.56 bits per heavy atom. The van der Waals surface area contributed by atoms with Crippen LogP contribution in [-0.2, 0) is 11.3 Å². The molecule has 1 aliphatic heterocycles. The van der Waals surface area contributed by atoms with Crippen molar-refractivity contribution in [3.63, 3.8) is 0 Å². The number of nitrogens with one attached hydrogen (secondary N) is 1. The van der Waals surface area contributed by atoms with Crippen molar-refractivity contribution in [3.8, 4) is 11.1 Å². The van der Waals surface area contributed by atoms with Crippen molar-refractivity contribution in [1.82, 2.24) is 10.2 Å². The first-order valence-electron chi connectivity index (χ1n) is 8.51. The third kappa shape index (κ3) is 4.18. The summed E-state index contributed by atoms with van der Waals surface area (Å²) in [5, 5.41) is 2.93. The topological polar surface area (TPSA) is 75.4 Å². The Bertz CT molecular complexity index is 788. The van der Waals surface area contributed by atoms with Crippen LogP contribution in [0.4, 0.5) is 4.79 Å². The van der Waals surface area contributed by atoms with Gasteiger partial charge in [-0.05, 0) is 36.1 Å². The van der Waals surface area contributed by atoms with E-state index < -0.39 is 0 Å². The summed E-state index contributed by atoms with van der Waals surface area (Å²) in [6.07, 6.45) is 0.644. The Morgan fingerprint density at radius 2 is 1.88 bits per heavy atom. The molecule has 2 aromatic carbocycles. The maximum atomic E-state index is 12.2. The van der Waals surface area contributed by atoms with Crippen LogP contribution < -0.4 is 11.1 Å². The number of primary amides is 1. The molecule has 3 amide bonds. The average molecular weight is 337 g/mol. The molecule has 1 fully saturated rings. The molecular formula is C20H23N3O2. The van der Waals surface area contributed by atoms with Gasteiger partial charge in [0.05, 0.1) is 5.92 Å². The first-order valence-corrected chi connectivity index (χ1v) is 8.51. The molecule has 3 N–H and O–H groups in total. The number of hydrogen-bond acceptors (Lipinski definition) is 2. The monoisotopic (exact) mass is 337 g/mol. The molecule has 1 saturated heterocycles. The van der Waals surface area contributed by atoms with Crippen molar-refractivity contribution in [1.29, 1.82) is 0 Å². The number of likely N-dealkylation sites (tertiary alicyclic amines) is 1. The SMILES string of the molecule is Cc1cccc(-c2cccc(CNC(=O)N3CC[C@H](C(N)=O)C3)c2)c1. The van der Waals surface area contributed by atoms with Gasteiger partial charge in [-0.25, -0.2) is 4.79 Å². The zero-order valence-electron chi connectivity index (χ0n) is 14.4. The minimum absolute atomic E-state index is 0.148. The number of carbonyl (C=O) groups is 2. The molecular weight excluding hydrogens is 314 g/mol. The van der Waals surface area contributed by atoms with E-state index in [0.717, 1.165) is 16.7 Å². The normalized spacial score (nSPS) is 16.7. The fourth-order valence-corrected chi connectivity index (χ4v) is 3.15. The molecule has 3 rings (SSSR count). The lowest BCUT2D eigenvalue weighted by Gasteiger charge is -2.17. The number of amides is 3. The van der Waals surface area contributed by atoms with Gasteiger partial charge in [-0.1, -0.05) is 48.0 Å². The molecule has 0 saturated carbocycles. The second kappa shape index (κ2) is 7.38. The highest BCUT2D eigenvalue weighted by Crippen LogP contribution is 2.21. The van der Waals surface area contributed by atoms with Gasteiger partial charge in [0, 0.05) is 19.6 Å². The summed E-state index contributed by atoms with van der Waals surface area (Å²) in [6.45, 7) is 3.51. The van der Waals surface area contributed by atoms with Crippen LogP contribution in [0.2, 0.25) is 0 Å². The highest BCUT2D eigenvalue weighted by Gasteiger charge is 2.29. The predicted molar refractivity (Wildman–Crippen MR) is 97.7 cm³/mol. The van der Waals surface area contributed by atoms with E-state index in [1.165, 1.54) is 5.56 Å². The number of carbonyl (C=O) groups excluding carboxylic acids is 2. The molecule has 5 nitrogen and oxygen atoms in total. The lowest BCUT2D eigenvalue weighted by atomic mass is 10.0. The summed E-state index contributed by atoms with van der Waals surface area (Å²) in [5.74, 6) is -0.559. The van der Waals surface area contributed by atoms with Crippen molar-refractivity contribution in [2.75, 3.05) is 13.1 Å². The van der Waals surface area contributed by atoms with Gasteiger partial charge in [-0.15, -0.1) is 0 Å². The van der Waals surface area contributed by atoms with Crippen LogP contribution in [0.5, 0.6) is 0 Å². The van der Waals surface area contributed by atoms with Gasteiger partial charge < -0.3 is 16.0 Å². The second-order valence-corrected chi connectivity index (χ2v) is 6.56. The van der Waals surface area contributed by atoms with E-state index in [9.17, 15) is 9.59 Å². The molecule has 0 radical (unpaired) electrons. The summed E-state index contributed by atoms with van der Waals surface area (Å²) in [6, 6.07) is 16.3. The Balaban J connectivity index is 1.61. The summed E-state index contributed by atoms with van der Waals surface area (Å²) < 4.78 is 0. The molecule has 1 aliphatic rings. The van der Waals surface area contributed by atoms with Crippen LogP contribution in [0, 0.1) is 12.8 Å². The highest BCUT2D eigenvalue weighted by molar-refractivity contribution is 5.80. The maximum Gasteiger partial charge on any atom is 0.317 e. The lowest BCUT2D eigenvalue weighted by Crippen LogP contribution is -2.39. The minimum Gasteiger partial charge on any atom is -0.369 e. The standard InChI is InChI=1S/C20H23N3O2/c1-14-4-2-6-16(10-14)17-7-3-5-15(11-17)12-22-20(25)23-9-8-18(13-23)19(21)24/h2-7,10-11,18H,8-9,12-13H2,1H3,(H2,21,24)(H,22,25)/t18-/m0/s1. The smallest absolute Gasteiger partial charge is 0.317 e. The Kier molecular flexibility index (Phi) is 5.03. The maximum absolute atomic E-state index is 12.2. The molecule has 130 valence electrons. The molecule has 5 heteroatoms. The third-order valence-corrected chi connectivity index (χ3v) is 4.60. The largest absolute Gasteiger partial charge is 0.369 e. The summed E-state index contributed by atoms with van der Waals surface area (Å²) in [7, 11) is 0. The number of nitrogens with zero attached hydrogens (tertiary/aromatic N) is 1. The molecule has 0 aliphatic carbocycles. The Hall–Kier alpha value is -2.82. The number of aryl methyl sites for hydroxylation is 1. The van der Waals surface area contributed by atoms with E-state index >= 15 is 0 Å². The Labute approximate surface area is 147 Å². The summed E-state index contributed by atoms with van der Waals surface area (Å²) in [5.41, 5.74) is 9.86. The lowest BCUT2D eigenvalue weighted by molar-refractivity contribution is -0.121. The summed E-state index contributed by atoms with van der Waals surface area (Å²) >= 11 is 0. The minimum atomic E-state index is -0.332. The number of benzene rings is 2. The van der Waals surface area contributed by atoms with Crippen LogP contribution in [0.1, 0.15) is 17.5 Å². The third-order valence-electron chi connectivity index (χ3n) is 4.60. The van der Waals surface area contributed by atoms with Gasteiger partial charge in [-0.3, -0.25) is 4.79 Å².